The number of hydrogen-bond acceptors (Lipinski definition) is 3. The molecule has 3 nitrogen and oxygen atoms in total. The maximum atomic E-state index is 10.9. The molecule has 0 spiro atoms. The lowest BCUT2D eigenvalue weighted by molar-refractivity contribution is -0.116. The third kappa shape index (κ3) is 5.01. The quantitative estimate of drug-likeness (QED) is 0.602. The van der Waals surface area contributed by atoms with Gasteiger partial charge in [-0.3, -0.25) is 0 Å². The molecule has 0 aromatic rings. The first-order chi connectivity index (χ1) is 6.08. The van der Waals surface area contributed by atoms with E-state index in [0.29, 0.717) is 6.54 Å². The van der Waals surface area contributed by atoms with Crippen molar-refractivity contribution in [2.75, 3.05) is 26.7 Å². The van der Waals surface area contributed by atoms with Gasteiger partial charge in [-0.05, 0) is 13.5 Å². The monoisotopic (exact) mass is 187 g/mol. The fourth-order valence-corrected chi connectivity index (χ4v) is 1.61. The van der Waals surface area contributed by atoms with Crippen LogP contribution in [0, 0.1) is 5.41 Å². The minimum Gasteiger partial charge on any atom is -0.395 e. The van der Waals surface area contributed by atoms with Gasteiger partial charge in [-0.15, -0.1) is 0 Å². The summed E-state index contributed by atoms with van der Waals surface area (Å²) in [6.45, 7) is 5.56. The van der Waals surface area contributed by atoms with E-state index < -0.39 is 0 Å². The van der Waals surface area contributed by atoms with Gasteiger partial charge in [0.05, 0.1) is 6.61 Å². The topological polar surface area (TPSA) is 40.5 Å². The highest BCUT2D eigenvalue weighted by atomic mass is 16.3. The van der Waals surface area contributed by atoms with Crippen molar-refractivity contribution in [3.63, 3.8) is 0 Å². The predicted octanol–water partition coefficient (Wildman–Crippen LogP) is 0.916. The highest BCUT2D eigenvalue weighted by molar-refractivity contribution is 5.58. The minimum atomic E-state index is -0.251. The lowest BCUT2D eigenvalue weighted by Gasteiger charge is -2.28. The molecule has 0 rings (SSSR count). The second-order valence-corrected chi connectivity index (χ2v) is 3.98. The molecule has 1 atom stereocenters. The highest BCUT2D eigenvalue weighted by Gasteiger charge is 2.23. The molecule has 0 heterocycles. The van der Waals surface area contributed by atoms with Crippen LogP contribution < -0.4 is 0 Å². The van der Waals surface area contributed by atoms with Gasteiger partial charge in [-0.2, -0.15) is 0 Å². The summed E-state index contributed by atoms with van der Waals surface area (Å²) in [5.74, 6) is 0. The standard InChI is InChI=1S/C10H21NO2/c1-4-5-10(2,9-13)8-11(3)6-7-12/h9,12H,4-8H2,1-3H3. The summed E-state index contributed by atoms with van der Waals surface area (Å²) < 4.78 is 0. The third-order valence-electron chi connectivity index (χ3n) is 2.22. The van der Waals surface area contributed by atoms with Crippen LogP contribution in [0.5, 0.6) is 0 Å². The Morgan fingerprint density at radius 2 is 2.15 bits per heavy atom. The first-order valence-corrected chi connectivity index (χ1v) is 4.83. The van der Waals surface area contributed by atoms with Gasteiger partial charge in [0.1, 0.15) is 6.29 Å². The number of carbonyl (C=O) groups is 1. The summed E-state index contributed by atoms with van der Waals surface area (Å²) in [6.07, 6.45) is 2.96. The SMILES string of the molecule is CCCC(C)(C=O)CN(C)CCO. The van der Waals surface area contributed by atoms with Crippen molar-refractivity contribution in [2.45, 2.75) is 26.7 Å². The number of rotatable bonds is 7. The summed E-state index contributed by atoms with van der Waals surface area (Å²) in [5, 5.41) is 8.71. The van der Waals surface area contributed by atoms with Gasteiger partial charge < -0.3 is 14.8 Å². The number of likely N-dealkylation sites (N-methyl/N-ethyl adjacent to an activating group) is 1. The van der Waals surface area contributed by atoms with E-state index in [2.05, 4.69) is 6.92 Å². The summed E-state index contributed by atoms with van der Waals surface area (Å²) in [6, 6.07) is 0. The van der Waals surface area contributed by atoms with E-state index >= 15 is 0 Å². The molecule has 0 aliphatic heterocycles. The lowest BCUT2D eigenvalue weighted by atomic mass is 9.87. The normalized spacial score (nSPS) is 15.8. The number of carbonyl (C=O) groups excluding carboxylic acids is 1. The molecule has 0 amide bonds. The number of aldehydes is 1. The van der Waals surface area contributed by atoms with Gasteiger partial charge in [0.25, 0.3) is 0 Å². The molecule has 1 N–H and O–H groups in total. The highest BCUT2D eigenvalue weighted by Crippen LogP contribution is 2.20. The molecular weight excluding hydrogens is 166 g/mol. The van der Waals surface area contributed by atoms with E-state index in [9.17, 15) is 4.79 Å². The number of hydrogen-bond donors (Lipinski definition) is 1. The van der Waals surface area contributed by atoms with Gasteiger partial charge in [-0.1, -0.05) is 20.3 Å². The summed E-state index contributed by atoms with van der Waals surface area (Å²) >= 11 is 0. The summed E-state index contributed by atoms with van der Waals surface area (Å²) in [7, 11) is 1.92. The predicted molar refractivity (Wildman–Crippen MR) is 53.7 cm³/mol. The number of aliphatic hydroxyl groups excluding tert-OH is 1. The van der Waals surface area contributed by atoms with E-state index in [1.54, 1.807) is 0 Å². The molecular formula is C10H21NO2. The first-order valence-electron chi connectivity index (χ1n) is 4.83. The molecule has 0 bridgehead atoms. The van der Waals surface area contributed by atoms with Gasteiger partial charge in [-0.25, -0.2) is 0 Å². The molecule has 0 fully saturated rings. The second kappa shape index (κ2) is 6.11. The Morgan fingerprint density at radius 3 is 2.54 bits per heavy atom. The molecule has 0 aliphatic carbocycles. The van der Waals surface area contributed by atoms with Crippen molar-refractivity contribution in [1.29, 1.82) is 0 Å². The second-order valence-electron chi connectivity index (χ2n) is 3.98. The molecule has 1 unspecified atom stereocenters. The van der Waals surface area contributed by atoms with Crippen LogP contribution in [0.1, 0.15) is 26.7 Å². The van der Waals surface area contributed by atoms with Crippen molar-refractivity contribution in [2.24, 2.45) is 5.41 Å². The van der Waals surface area contributed by atoms with E-state index in [0.717, 1.165) is 25.7 Å². The average Bonchev–Trinajstić information content (AvgIpc) is 2.05. The van der Waals surface area contributed by atoms with E-state index in [-0.39, 0.29) is 12.0 Å². The third-order valence-corrected chi connectivity index (χ3v) is 2.22. The van der Waals surface area contributed by atoms with Crippen LogP contribution in [-0.4, -0.2) is 43.0 Å². The van der Waals surface area contributed by atoms with E-state index in [1.807, 2.05) is 18.9 Å². The Labute approximate surface area is 80.7 Å². The average molecular weight is 187 g/mol. The smallest absolute Gasteiger partial charge is 0.127 e. The fraction of sp³-hybridized carbons (Fsp3) is 0.900. The van der Waals surface area contributed by atoms with Gasteiger partial charge >= 0.3 is 0 Å². The molecule has 3 heteroatoms. The van der Waals surface area contributed by atoms with Crippen LogP contribution in [0.15, 0.2) is 0 Å². The van der Waals surface area contributed by atoms with Crippen molar-refractivity contribution in [1.82, 2.24) is 4.90 Å². The van der Waals surface area contributed by atoms with Crippen molar-refractivity contribution >= 4 is 6.29 Å². The minimum absolute atomic E-state index is 0.150. The van der Waals surface area contributed by atoms with Crippen LogP contribution >= 0.6 is 0 Å². The van der Waals surface area contributed by atoms with Crippen LogP contribution in [-0.2, 0) is 4.79 Å². The van der Waals surface area contributed by atoms with Crippen LogP contribution in [0.2, 0.25) is 0 Å². The van der Waals surface area contributed by atoms with E-state index in [1.165, 1.54) is 0 Å². The molecule has 0 aromatic heterocycles. The Hall–Kier alpha value is -0.410. The number of aliphatic hydroxyl groups is 1. The Kier molecular flexibility index (Phi) is 5.91. The first kappa shape index (κ1) is 12.6. The molecule has 78 valence electrons. The van der Waals surface area contributed by atoms with Crippen molar-refractivity contribution in [3.05, 3.63) is 0 Å². The number of nitrogens with zero attached hydrogens (tertiary/aromatic N) is 1. The molecule has 0 radical (unpaired) electrons. The summed E-state index contributed by atoms with van der Waals surface area (Å²) in [4.78, 5) is 12.9. The molecule has 0 aromatic carbocycles. The zero-order chi connectivity index (χ0) is 10.3. The maximum Gasteiger partial charge on any atom is 0.127 e. The zero-order valence-electron chi connectivity index (χ0n) is 8.92. The van der Waals surface area contributed by atoms with Gasteiger partial charge in [0, 0.05) is 18.5 Å². The van der Waals surface area contributed by atoms with Gasteiger partial charge in [0.2, 0.25) is 0 Å². The molecule has 0 saturated heterocycles. The Bertz CT molecular complexity index is 150. The van der Waals surface area contributed by atoms with Crippen LogP contribution in [0.4, 0.5) is 0 Å². The largest absolute Gasteiger partial charge is 0.395 e. The van der Waals surface area contributed by atoms with Crippen LogP contribution in [0.25, 0.3) is 0 Å². The van der Waals surface area contributed by atoms with Crippen molar-refractivity contribution < 1.29 is 9.90 Å². The Balaban J connectivity index is 4.01. The Morgan fingerprint density at radius 1 is 1.54 bits per heavy atom. The van der Waals surface area contributed by atoms with Gasteiger partial charge in [0.15, 0.2) is 0 Å². The maximum absolute atomic E-state index is 10.9. The van der Waals surface area contributed by atoms with Crippen molar-refractivity contribution in [3.8, 4) is 0 Å². The molecule has 0 saturated carbocycles. The molecule has 0 aliphatic rings. The van der Waals surface area contributed by atoms with Crippen LogP contribution in [0.3, 0.4) is 0 Å². The van der Waals surface area contributed by atoms with E-state index in [4.69, 9.17) is 5.11 Å². The lowest BCUT2D eigenvalue weighted by Crippen LogP contribution is -2.36. The molecule has 13 heavy (non-hydrogen) atoms. The summed E-state index contributed by atoms with van der Waals surface area (Å²) in [5.41, 5.74) is -0.251. The zero-order valence-corrected chi connectivity index (χ0v) is 8.92. The fourth-order valence-electron chi connectivity index (χ4n) is 1.61.